The average Bonchev–Trinajstić information content (AvgIpc) is 3.35. The van der Waals surface area contributed by atoms with Crippen molar-refractivity contribution < 1.29 is 4.39 Å². The molecule has 4 nitrogen and oxygen atoms in total. The van der Waals surface area contributed by atoms with Gasteiger partial charge in [0.25, 0.3) is 0 Å². The molecule has 7 heteroatoms. The molecule has 0 saturated heterocycles. The molecule has 2 heterocycles. The normalized spacial score (nSPS) is 11.9. The number of halogens is 2. The van der Waals surface area contributed by atoms with Gasteiger partial charge in [-0.1, -0.05) is 23.7 Å². The van der Waals surface area contributed by atoms with Crippen molar-refractivity contribution in [2.24, 2.45) is 4.99 Å². The van der Waals surface area contributed by atoms with Crippen LogP contribution in [0.15, 0.2) is 77.6 Å². The first-order chi connectivity index (χ1) is 13.7. The Balaban J connectivity index is 1.71. The SMILES string of the molecule is Fc1ccccc1-c1csc(=Nc2ccc(Cl)cc2)n1CCCn1ccnc1. The van der Waals surface area contributed by atoms with Crippen LogP contribution in [0, 0.1) is 5.82 Å². The average molecular weight is 413 g/mol. The fraction of sp³-hybridized carbons (Fsp3) is 0.143. The molecular formula is C21H18ClFN4S. The summed E-state index contributed by atoms with van der Waals surface area (Å²) < 4.78 is 18.5. The van der Waals surface area contributed by atoms with Crippen LogP contribution in [-0.2, 0) is 13.1 Å². The Bertz CT molecular complexity index is 1110. The van der Waals surface area contributed by atoms with Gasteiger partial charge >= 0.3 is 0 Å². The number of rotatable bonds is 6. The summed E-state index contributed by atoms with van der Waals surface area (Å²) in [6.07, 6.45) is 6.39. The van der Waals surface area contributed by atoms with Gasteiger partial charge in [-0.15, -0.1) is 11.3 Å². The minimum Gasteiger partial charge on any atom is -0.337 e. The third-order valence-electron chi connectivity index (χ3n) is 4.36. The van der Waals surface area contributed by atoms with Crippen LogP contribution in [0.25, 0.3) is 11.3 Å². The summed E-state index contributed by atoms with van der Waals surface area (Å²) in [7, 11) is 0. The molecule has 0 bridgehead atoms. The van der Waals surface area contributed by atoms with Gasteiger partial charge in [-0.05, 0) is 42.8 Å². The second kappa shape index (κ2) is 8.54. The van der Waals surface area contributed by atoms with E-state index in [-0.39, 0.29) is 5.82 Å². The number of imidazole rings is 1. The summed E-state index contributed by atoms with van der Waals surface area (Å²) in [6, 6.07) is 14.2. The third kappa shape index (κ3) is 4.24. The fourth-order valence-electron chi connectivity index (χ4n) is 2.98. The summed E-state index contributed by atoms with van der Waals surface area (Å²) in [4.78, 5) is 9.65. The second-order valence-corrected chi connectivity index (χ2v) is 7.55. The van der Waals surface area contributed by atoms with Crippen LogP contribution < -0.4 is 4.80 Å². The lowest BCUT2D eigenvalue weighted by Crippen LogP contribution is -2.17. The zero-order valence-electron chi connectivity index (χ0n) is 15.0. The van der Waals surface area contributed by atoms with Gasteiger partial charge < -0.3 is 9.13 Å². The molecule has 0 aliphatic rings. The lowest BCUT2D eigenvalue weighted by atomic mass is 10.1. The molecular weight excluding hydrogens is 395 g/mol. The van der Waals surface area contributed by atoms with E-state index in [9.17, 15) is 4.39 Å². The molecule has 0 unspecified atom stereocenters. The summed E-state index contributed by atoms with van der Waals surface area (Å²) in [5.74, 6) is -0.235. The molecule has 0 aliphatic carbocycles. The van der Waals surface area contributed by atoms with Crippen molar-refractivity contribution in [3.63, 3.8) is 0 Å². The topological polar surface area (TPSA) is 35.1 Å². The van der Waals surface area contributed by atoms with Crippen molar-refractivity contribution in [3.8, 4) is 11.3 Å². The lowest BCUT2D eigenvalue weighted by molar-refractivity contribution is 0.557. The highest BCUT2D eigenvalue weighted by molar-refractivity contribution is 7.07. The fourth-order valence-corrected chi connectivity index (χ4v) is 4.05. The number of nitrogens with zero attached hydrogens (tertiary/aromatic N) is 4. The predicted octanol–water partition coefficient (Wildman–Crippen LogP) is 5.53. The molecule has 0 saturated carbocycles. The number of benzene rings is 2. The van der Waals surface area contributed by atoms with Crippen molar-refractivity contribution in [2.45, 2.75) is 19.5 Å². The van der Waals surface area contributed by atoms with Crippen LogP contribution in [0.3, 0.4) is 0 Å². The van der Waals surface area contributed by atoms with E-state index in [1.807, 2.05) is 46.5 Å². The van der Waals surface area contributed by atoms with Crippen molar-refractivity contribution in [2.75, 3.05) is 0 Å². The van der Waals surface area contributed by atoms with E-state index in [0.717, 1.165) is 35.7 Å². The molecule has 4 aromatic rings. The van der Waals surface area contributed by atoms with Crippen molar-refractivity contribution in [1.29, 1.82) is 0 Å². The van der Waals surface area contributed by atoms with Gasteiger partial charge in [-0.25, -0.2) is 14.4 Å². The molecule has 0 amide bonds. The van der Waals surface area contributed by atoms with Crippen LogP contribution in [-0.4, -0.2) is 14.1 Å². The van der Waals surface area contributed by atoms with Crippen LogP contribution in [0.1, 0.15) is 6.42 Å². The Kier molecular flexibility index (Phi) is 5.69. The van der Waals surface area contributed by atoms with Crippen LogP contribution in [0.5, 0.6) is 0 Å². The monoisotopic (exact) mass is 412 g/mol. The summed E-state index contributed by atoms with van der Waals surface area (Å²) in [5, 5.41) is 2.63. The highest BCUT2D eigenvalue weighted by Crippen LogP contribution is 2.24. The Morgan fingerprint density at radius 1 is 1.07 bits per heavy atom. The van der Waals surface area contributed by atoms with Gasteiger partial charge in [0, 0.05) is 41.4 Å². The minimum atomic E-state index is -0.235. The molecule has 0 aliphatic heterocycles. The van der Waals surface area contributed by atoms with Gasteiger partial charge in [0.05, 0.1) is 17.7 Å². The standard InChI is InChI=1S/C21H18ClFN4S/c22-16-6-8-17(9-7-16)25-21-27(12-3-11-26-13-10-24-15-26)20(14-28-21)18-4-1-2-5-19(18)23/h1-2,4-10,13-15H,3,11-12H2. The van der Waals surface area contributed by atoms with Crippen LogP contribution in [0.2, 0.25) is 5.02 Å². The quantitative estimate of drug-likeness (QED) is 0.410. The number of hydrogen-bond donors (Lipinski definition) is 0. The molecule has 2 aromatic heterocycles. The summed E-state index contributed by atoms with van der Waals surface area (Å²) in [5.41, 5.74) is 2.23. The Labute approximate surface area is 171 Å². The Morgan fingerprint density at radius 2 is 1.89 bits per heavy atom. The molecule has 0 N–H and O–H groups in total. The van der Waals surface area contributed by atoms with Gasteiger partial charge in [-0.3, -0.25) is 0 Å². The first-order valence-electron chi connectivity index (χ1n) is 8.90. The molecule has 142 valence electrons. The summed E-state index contributed by atoms with van der Waals surface area (Å²) >= 11 is 7.48. The lowest BCUT2D eigenvalue weighted by Gasteiger charge is -2.10. The highest BCUT2D eigenvalue weighted by atomic mass is 35.5. The molecule has 0 spiro atoms. The van der Waals surface area contributed by atoms with Crippen molar-refractivity contribution in [3.05, 3.63) is 88.3 Å². The van der Waals surface area contributed by atoms with Gasteiger partial charge in [0.15, 0.2) is 4.80 Å². The second-order valence-electron chi connectivity index (χ2n) is 6.28. The van der Waals surface area contributed by atoms with Crippen LogP contribution >= 0.6 is 22.9 Å². The maximum absolute atomic E-state index is 14.4. The van der Waals surface area contributed by atoms with Crippen molar-refractivity contribution in [1.82, 2.24) is 14.1 Å². The maximum Gasteiger partial charge on any atom is 0.190 e. The smallest absolute Gasteiger partial charge is 0.190 e. The van der Waals surface area contributed by atoms with Gasteiger partial charge in [-0.2, -0.15) is 0 Å². The molecule has 2 aromatic carbocycles. The first-order valence-corrected chi connectivity index (χ1v) is 10.2. The number of aromatic nitrogens is 3. The van der Waals surface area contributed by atoms with E-state index in [4.69, 9.17) is 16.6 Å². The first kappa shape index (κ1) is 18.7. The van der Waals surface area contributed by atoms with Crippen molar-refractivity contribution >= 4 is 28.6 Å². The maximum atomic E-state index is 14.4. The summed E-state index contributed by atoms with van der Waals surface area (Å²) in [6.45, 7) is 1.55. The van der Waals surface area contributed by atoms with E-state index in [1.165, 1.54) is 17.4 Å². The van der Waals surface area contributed by atoms with Gasteiger partial charge in [0.1, 0.15) is 5.82 Å². The number of thiazole rings is 1. The highest BCUT2D eigenvalue weighted by Gasteiger charge is 2.12. The zero-order valence-corrected chi connectivity index (χ0v) is 16.6. The van der Waals surface area contributed by atoms with Gasteiger partial charge in [0.2, 0.25) is 0 Å². The zero-order chi connectivity index (χ0) is 19.3. The molecule has 4 rings (SSSR count). The van der Waals surface area contributed by atoms with E-state index in [0.29, 0.717) is 10.6 Å². The minimum absolute atomic E-state index is 0.235. The predicted molar refractivity (Wildman–Crippen MR) is 111 cm³/mol. The molecule has 0 fully saturated rings. The largest absolute Gasteiger partial charge is 0.337 e. The molecule has 28 heavy (non-hydrogen) atoms. The number of hydrogen-bond acceptors (Lipinski definition) is 3. The van der Waals surface area contributed by atoms with E-state index in [2.05, 4.69) is 9.55 Å². The Morgan fingerprint density at radius 3 is 2.64 bits per heavy atom. The molecule has 0 radical (unpaired) electrons. The van der Waals surface area contributed by atoms with E-state index >= 15 is 0 Å². The molecule has 0 atom stereocenters. The Hall–Kier alpha value is -2.70. The number of aryl methyl sites for hydroxylation is 1. The third-order valence-corrected chi connectivity index (χ3v) is 5.47. The van der Waals surface area contributed by atoms with E-state index < -0.39 is 0 Å². The van der Waals surface area contributed by atoms with Crippen LogP contribution in [0.4, 0.5) is 10.1 Å². The van der Waals surface area contributed by atoms with E-state index in [1.54, 1.807) is 24.7 Å².